The molecular weight excluding hydrogens is 124 g/mol. The van der Waals surface area contributed by atoms with Gasteiger partial charge in [0.05, 0.1) is 5.75 Å². The maximum absolute atomic E-state index is 9.51. The van der Waals surface area contributed by atoms with Crippen molar-refractivity contribution in [2.45, 2.75) is 0 Å². The lowest BCUT2D eigenvalue weighted by Crippen LogP contribution is -2.10. The van der Waals surface area contributed by atoms with Gasteiger partial charge in [-0.15, -0.1) is 0 Å². The lowest BCUT2D eigenvalue weighted by Gasteiger charge is -1.72. The maximum atomic E-state index is 9.51. The molecule has 0 aliphatic carbocycles. The van der Waals surface area contributed by atoms with E-state index < -0.39 is 0 Å². The number of carbonyl (C=O) groups is 1. The van der Waals surface area contributed by atoms with Gasteiger partial charge in [0.25, 0.3) is 0 Å². The SMILES string of the molecule is CNC.NC(=O)CS. The minimum Gasteiger partial charge on any atom is -0.369 e. The van der Waals surface area contributed by atoms with Crippen LogP contribution < -0.4 is 11.1 Å². The van der Waals surface area contributed by atoms with Gasteiger partial charge in [-0.1, -0.05) is 0 Å². The first-order valence-corrected chi connectivity index (χ1v) is 2.80. The number of carbonyl (C=O) groups excluding carboxylic acids is 1. The van der Waals surface area contributed by atoms with Crippen molar-refractivity contribution in [2.75, 3.05) is 19.8 Å². The van der Waals surface area contributed by atoms with Crippen LogP contribution in [0.25, 0.3) is 0 Å². The van der Waals surface area contributed by atoms with Gasteiger partial charge in [-0.3, -0.25) is 4.79 Å². The van der Waals surface area contributed by atoms with Gasteiger partial charge in [-0.25, -0.2) is 0 Å². The monoisotopic (exact) mass is 136 g/mol. The van der Waals surface area contributed by atoms with Gasteiger partial charge < -0.3 is 11.1 Å². The fourth-order valence-corrected chi connectivity index (χ4v) is 0. The van der Waals surface area contributed by atoms with Crippen LogP contribution in [0.2, 0.25) is 0 Å². The maximum Gasteiger partial charge on any atom is 0.227 e. The molecule has 0 unspecified atom stereocenters. The number of rotatable bonds is 1. The molecule has 0 radical (unpaired) electrons. The zero-order chi connectivity index (χ0) is 6.99. The van der Waals surface area contributed by atoms with E-state index in [1.54, 1.807) is 0 Å². The van der Waals surface area contributed by atoms with Crippen molar-refractivity contribution in [3.8, 4) is 0 Å². The van der Waals surface area contributed by atoms with Gasteiger partial charge in [0.2, 0.25) is 5.91 Å². The highest BCUT2D eigenvalue weighted by molar-refractivity contribution is 7.81. The average Bonchev–Trinajstić information content (AvgIpc) is 1.69. The topological polar surface area (TPSA) is 55.1 Å². The third kappa shape index (κ3) is 41.7. The second-order valence-electron chi connectivity index (χ2n) is 1.12. The number of nitrogens with one attached hydrogen (secondary N) is 1. The van der Waals surface area contributed by atoms with E-state index in [-0.39, 0.29) is 11.7 Å². The summed E-state index contributed by atoms with van der Waals surface area (Å²) in [5.41, 5.74) is 4.58. The summed E-state index contributed by atoms with van der Waals surface area (Å²) < 4.78 is 0. The summed E-state index contributed by atoms with van der Waals surface area (Å²) in [6, 6.07) is 0. The predicted molar refractivity (Wildman–Crippen MR) is 38.0 cm³/mol. The van der Waals surface area contributed by atoms with E-state index >= 15 is 0 Å². The summed E-state index contributed by atoms with van der Waals surface area (Å²) in [6.45, 7) is 0. The lowest BCUT2D eigenvalue weighted by atomic mass is 10.8. The molecule has 3 nitrogen and oxygen atoms in total. The molecule has 0 aromatic carbocycles. The van der Waals surface area contributed by atoms with E-state index in [9.17, 15) is 4.79 Å². The molecule has 4 heteroatoms. The largest absolute Gasteiger partial charge is 0.369 e. The summed E-state index contributed by atoms with van der Waals surface area (Å²) >= 11 is 3.54. The van der Waals surface area contributed by atoms with Crippen LogP contribution in [0, 0.1) is 0 Å². The average molecular weight is 136 g/mol. The normalized spacial score (nSPS) is 6.88. The summed E-state index contributed by atoms with van der Waals surface area (Å²) in [5, 5.41) is 2.75. The molecular formula is C4H12N2OS. The van der Waals surface area contributed by atoms with Crippen LogP contribution in [-0.4, -0.2) is 25.8 Å². The summed E-state index contributed by atoms with van der Waals surface area (Å²) in [4.78, 5) is 9.51. The highest BCUT2D eigenvalue weighted by Crippen LogP contribution is 1.63. The first-order chi connectivity index (χ1) is 3.68. The van der Waals surface area contributed by atoms with Crippen LogP contribution in [0.1, 0.15) is 0 Å². The number of primary amides is 1. The van der Waals surface area contributed by atoms with Crippen molar-refractivity contribution in [1.82, 2.24) is 5.32 Å². The van der Waals surface area contributed by atoms with E-state index in [0.717, 1.165) is 0 Å². The highest BCUT2D eigenvalue weighted by Gasteiger charge is 1.78. The fourth-order valence-electron chi connectivity index (χ4n) is 0. The molecule has 0 fully saturated rings. The van der Waals surface area contributed by atoms with Gasteiger partial charge in [0, 0.05) is 0 Å². The number of thiol groups is 1. The quantitative estimate of drug-likeness (QED) is 0.415. The van der Waals surface area contributed by atoms with Crippen molar-refractivity contribution >= 4 is 18.5 Å². The molecule has 0 aromatic rings. The minimum atomic E-state index is -0.381. The van der Waals surface area contributed by atoms with Gasteiger partial charge in [-0.05, 0) is 14.1 Å². The molecule has 0 aliphatic rings. The van der Waals surface area contributed by atoms with Crippen molar-refractivity contribution in [2.24, 2.45) is 5.73 Å². The van der Waals surface area contributed by atoms with Crippen molar-refractivity contribution < 1.29 is 4.79 Å². The highest BCUT2D eigenvalue weighted by atomic mass is 32.1. The molecule has 0 aromatic heterocycles. The molecule has 0 saturated carbocycles. The molecule has 0 saturated heterocycles. The summed E-state index contributed by atoms with van der Waals surface area (Å²) in [5.74, 6) is -0.242. The van der Waals surface area contributed by atoms with Crippen LogP contribution >= 0.6 is 12.6 Å². The fraction of sp³-hybridized carbons (Fsp3) is 0.750. The van der Waals surface area contributed by atoms with Crippen molar-refractivity contribution in [3.63, 3.8) is 0 Å². The number of hydrogen-bond acceptors (Lipinski definition) is 3. The number of amides is 1. The Kier molecular flexibility index (Phi) is 13.3. The zero-order valence-electron chi connectivity index (χ0n) is 5.14. The van der Waals surface area contributed by atoms with E-state index in [2.05, 4.69) is 23.7 Å². The number of hydrogen-bond donors (Lipinski definition) is 3. The van der Waals surface area contributed by atoms with Crippen LogP contribution in [0.4, 0.5) is 0 Å². The summed E-state index contributed by atoms with van der Waals surface area (Å²) in [7, 11) is 3.75. The Labute approximate surface area is 55.0 Å². The molecule has 0 spiro atoms. The van der Waals surface area contributed by atoms with E-state index in [1.165, 1.54) is 0 Å². The van der Waals surface area contributed by atoms with E-state index in [1.807, 2.05) is 14.1 Å². The molecule has 0 aliphatic heterocycles. The van der Waals surface area contributed by atoms with Gasteiger partial charge >= 0.3 is 0 Å². The van der Waals surface area contributed by atoms with E-state index in [4.69, 9.17) is 0 Å². The Morgan fingerprint density at radius 2 is 1.88 bits per heavy atom. The van der Waals surface area contributed by atoms with Crippen LogP contribution in [-0.2, 0) is 4.79 Å². The standard InChI is InChI=1S/C2H5NOS.C2H7N/c3-2(4)1-5;1-3-2/h5H,1H2,(H2,3,4);3H,1-2H3. The Morgan fingerprint density at radius 3 is 1.88 bits per heavy atom. The molecule has 8 heavy (non-hydrogen) atoms. The Balaban J connectivity index is 0. The zero-order valence-corrected chi connectivity index (χ0v) is 6.03. The summed E-state index contributed by atoms with van der Waals surface area (Å²) in [6.07, 6.45) is 0. The minimum absolute atomic E-state index is 0.139. The molecule has 1 amide bonds. The Bertz CT molecular complexity index is 58.0. The molecule has 3 N–H and O–H groups in total. The molecule has 0 heterocycles. The smallest absolute Gasteiger partial charge is 0.227 e. The Hall–Kier alpha value is -0.220. The van der Waals surface area contributed by atoms with Gasteiger partial charge in [0.15, 0.2) is 0 Å². The second-order valence-corrected chi connectivity index (χ2v) is 1.44. The van der Waals surface area contributed by atoms with Crippen LogP contribution in [0.3, 0.4) is 0 Å². The van der Waals surface area contributed by atoms with Crippen molar-refractivity contribution in [1.29, 1.82) is 0 Å². The van der Waals surface area contributed by atoms with Crippen LogP contribution in [0.5, 0.6) is 0 Å². The third-order valence-electron chi connectivity index (χ3n) is 0.156. The van der Waals surface area contributed by atoms with Crippen molar-refractivity contribution in [3.05, 3.63) is 0 Å². The molecule has 50 valence electrons. The van der Waals surface area contributed by atoms with E-state index in [0.29, 0.717) is 0 Å². The third-order valence-corrected chi connectivity index (χ3v) is 0.468. The first kappa shape index (κ1) is 10.7. The van der Waals surface area contributed by atoms with Gasteiger partial charge in [0.1, 0.15) is 0 Å². The Morgan fingerprint density at radius 1 is 1.75 bits per heavy atom. The molecule has 0 atom stereocenters. The molecule has 0 rings (SSSR count). The molecule has 0 bridgehead atoms. The van der Waals surface area contributed by atoms with Crippen LogP contribution in [0.15, 0.2) is 0 Å². The second kappa shape index (κ2) is 9.91. The lowest BCUT2D eigenvalue weighted by molar-refractivity contribution is -0.115. The predicted octanol–water partition coefficient (Wildman–Crippen LogP) is -0.763. The van der Waals surface area contributed by atoms with Gasteiger partial charge in [-0.2, -0.15) is 12.6 Å². The number of nitrogens with two attached hydrogens (primary N) is 1. The first-order valence-electron chi connectivity index (χ1n) is 2.16.